The summed E-state index contributed by atoms with van der Waals surface area (Å²) in [7, 11) is 0. The Kier molecular flexibility index (Phi) is 3.79. The zero-order valence-electron chi connectivity index (χ0n) is 12.4. The van der Waals surface area contributed by atoms with Gasteiger partial charge in [0, 0.05) is 23.4 Å². The number of hydrogen-bond acceptors (Lipinski definition) is 3. The first-order valence-corrected chi connectivity index (χ1v) is 7.28. The van der Waals surface area contributed by atoms with Crippen molar-refractivity contribution in [3.05, 3.63) is 89.3 Å². The van der Waals surface area contributed by atoms with Gasteiger partial charge in [-0.2, -0.15) is 0 Å². The van der Waals surface area contributed by atoms with Crippen molar-refractivity contribution in [2.24, 2.45) is 16.5 Å². The molecule has 3 heteroatoms. The molecule has 0 fully saturated rings. The molecule has 0 aromatic heterocycles. The van der Waals surface area contributed by atoms with Crippen LogP contribution in [0.5, 0.6) is 0 Å². The lowest BCUT2D eigenvalue weighted by molar-refractivity contribution is 0.799. The normalized spacial score (nSPS) is 17.5. The number of aliphatic imine (C=N–C) groups is 1. The number of nitrogens with zero attached hydrogens (tertiary/aromatic N) is 1. The van der Waals surface area contributed by atoms with Crippen LogP contribution >= 0.6 is 0 Å². The number of nitrogens with two attached hydrogens (primary N) is 2. The van der Waals surface area contributed by atoms with Crippen molar-refractivity contribution in [3.8, 4) is 0 Å². The molecule has 1 atom stereocenters. The van der Waals surface area contributed by atoms with E-state index in [2.05, 4.69) is 54.0 Å². The first-order valence-electron chi connectivity index (χ1n) is 7.28. The molecule has 2 aromatic carbocycles. The number of fused-ring (bicyclic) bond motifs is 1. The van der Waals surface area contributed by atoms with Crippen molar-refractivity contribution in [2.45, 2.75) is 12.3 Å². The van der Waals surface area contributed by atoms with Gasteiger partial charge in [0.1, 0.15) is 5.82 Å². The summed E-state index contributed by atoms with van der Waals surface area (Å²) in [6, 6.07) is 18.7. The van der Waals surface area contributed by atoms with E-state index in [4.69, 9.17) is 11.5 Å². The average Bonchev–Trinajstić information content (AvgIpc) is 2.55. The Balaban J connectivity index is 2.10. The van der Waals surface area contributed by atoms with E-state index in [9.17, 15) is 0 Å². The van der Waals surface area contributed by atoms with Gasteiger partial charge in [-0.15, -0.1) is 0 Å². The van der Waals surface area contributed by atoms with Gasteiger partial charge in [-0.3, -0.25) is 0 Å². The number of rotatable bonds is 3. The fraction of sp³-hybridized carbons (Fsp3) is 0.105. The summed E-state index contributed by atoms with van der Waals surface area (Å²) in [6.45, 7) is 3.60. The molecule has 0 aliphatic heterocycles. The van der Waals surface area contributed by atoms with Gasteiger partial charge in [0.15, 0.2) is 0 Å². The third kappa shape index (κ3) is 2.66. The van der Waals surface area contributed by atoms with Crippen LogP contribution in [0.3, 0.4) is 0 Å². The lowest BCUT2D eigenvalue weighted by Crippen LogP contribution is -2.17. The van der Waals surface area contributed by atoms with Crippen molar-refractivity contribution < 1.29 is 0 Å². The van der Waals surface area contributed by atoms with Crippen LogP contribution in [0, 0.1) is 0 Å². The third-order valence-corrected chi connectivity index (χ3v) is 3.98. The van der Waals surface area contributed by atoms with E-state index in [1.54, 1.807) is 6.21 Å². The average molecular weight is 289 g/mol. The molecular formula is C19H19N3. The van der Waals surface area contributed by atoms with E-state index in [-0.39, 0.29) is 11.7 Å². The summed E-state index contributed by atoms with van der Waals surface area (Å²) in [5.41, 5.74) is 17.3. The van der Waals surface area contributed by atoms with Crippen LogP contribution in [-0.2, 0) is 0 Å². The summed E-state index contributed by atoms with van der Waals surface area (Å²) in [6.07, 6.45) is 2.55. The Morgan fingerprint density at radius 1 is 1.09 bits per heavy atom. The van der Waals surface area contributed by atoms with Gasteiger partial charge in [0.25, 0.3) is 0 Å². The predicted octanol–water partition coefficient (Wildman–Crippen LogP) is 3.39. The van der Waals surface area contributed by atoms with Crippen molar-refractivity contribution in [1.82, 2.24) is 0 Å². The molecule has 0 saturated heterocycles. The fourth-order valence-electron chi connectivity index (χ4n) is 2.92. The van der Waals surface area contributed by atoms with Crippen molar-refractivity contribution in [2.75, 3.05) is 0 Å². The van der Waals surface area contributed by atoms with Crippen molar-refractivity contribution in [3.63, 3.8) is 0 Å². The largest absolute Gasteiger partial charge is 0.398 e. The molecule has 22 heavy (non-hydrogen) atoms. The molecule has 110 valence electrons. The maximum atomic E-state index is 6.34. The highest BCUT2D eigenvalue weighted by atomic mass is 14.9. The number of hydrogen-bond donors (Lipinski definition) is 2. The molecule has 1 aliphatic carbocycles. The van der Waals surface area contributed by atoms with Crippen LogP contribution in [0.2, 0.25) is 0 Å². The van der Waals surface area contributed by atoms with E-state index in [1.165, 1.54) is 11.1 Å². The van der Waals surface area contributed by atoms with Crippen molar-refractivity contribution in [1.29, 1.82) is 0 Å². The molecule has 0 bridgehead atoms. The van der Waals surface area contributed by atoms with E-state index < -0.39 is 0 Å². The lowest BCUT2D eigenvalue weighted by Gasteiger charge is -2.27. The first-order chi connectivity index (χ1) is 10.7. The molecule has 4 N–H and O–H groups in total. The van der Waals surface area contributed by atoms with Crippen LogP contribution in [0.1, 0.15) is 29.0 Å². The molecule has 3 rings (SSSR count). The zero-order valence-corrected chi connectivity index (χ0v) is 12.4. The fourth-order valence-corrected chi connectivity index (χ4v) is 2.92. The van der Waals surface area contributed by atoms with Gasteiger partial charge in [-0.1, -0.05) is 61.2 Å². The van der Waals surface area contributed by atoms with E-state index >= 15 is 0 Å². The van der Waals surface area contributed by atoms with Gasteiger partial charge in [0.05, 0.1) is 0 Å². The maximum absolute atomic E-state index is 6.34. The molecule has 0 amide bonds. The summed E-state index contributed by atoms with van der Waals surface area (Å²) < 4.78 is 0. The maximum Gasteiger partial charge on any atom is 0.116 e. The Morgan fingerprint density at radius 3 is 2.50 bits per heavy atom. The molecule has 0 saturated carbocycles. The zero-order chi connectivity index (χ0) is 15.5. The van der Waals surface area contributed by atoms with Crippen LogP contribution in [0.4, 0.5) is 0 Å². The van der Waals surface area contributed by atoms with Crippen molar-refractivity contribution >= 4 is 11.9 Å². The monoisotopic (exact) mass is 289 g/mol. The molecule has 1 aliphatic rings. The standard InChI is InChI=1S/C19H19N3/c1-13(20)22-12-15-11-18(14-7-3-2-4-8-14)16-9-5-6-10-17(16)19(15)21/h2-10,12,18H,1,11,20-21H2/b22-12-/t18-/m0/s1. The third-order valence-electron chi connectivity index (χ3n) is 3.98. The summed E-state index contributed by atoms with van der Waals surface area (Å²) >= 11 is 0. The Bertz CT molecular complexity index is 757. The predicted molar refractivity (Wildman–Crippen MR) is 92.3 cm³/mol. The lowest BCUT2D eigenvalue weighted by atomic mass is 9.78. The Labute approximate surface area is 130 Å². The second-order valence-electron chi connectivity index (χ2n) is 5.44. The minimum absolute atomic E-state index is 0.275. The molecule has 0 heterocycles. The van der Waals surface area contributed by atoms with E-state index in [0.717, 1.165) is 23.3 Å². The topological polar surface area (TPSA) is 64.4 Å². The highest BCUT2D eigenvalue weighted by Gasteiger charge is 2.25. The van der Waals surface area contributed by atoms with E-state index in [0.29, 0.717) is 0 Å². The van der Waals surface area contributed by atoms with Gasteiger partial charge < -0.3 is 11.5 Å². The highest BCUT2D eigenvalue weighted by Crippen LogP contribution is 2.39. The highest BCUT2D eigenvalue weighted by molar-refractivity contribution is 5.92. The smallest absolute Gasteiger partial charge is 0.116 e. The molecule has 2 aromatic rings. The molecule has 3 nitrogen and oxygen atoms in total. The number of allylic oxidation sites excluding steroid dienone is 1. The minimum atomic E-state index is 0.275. The summed E-state index contributed by atoms with van der Waals surface area (Å²) in [4.78, 5) is 4.12. The van der Waals surface area contributed by atoms with Gasteiger partial charge in [0.2, 0.25) is 0 Å². The Hall–Kier alpha value is -2.81. The van der Waals surface area contributed by atoms with Gasteiger partial charge >= 0.3 is 0 Å². The van der Waals surface area contributed by atoms with E-state index in [1.807, 2.05) is 12.1 Å². The van der Waals surface area contributed by atoms with Crippen LogP contribution in [0.15, 0.2) is 77.6 Å². The van der Waals surface area contributed by atoms with Crippen LogP contribution < -0.4 is 11.5 Å². The Morgan fingerprint density at radius 2 is 1.77 bits per heavy atom. The van der Waals surface area contributed by atoms with Gasteiger partial charge in [-0.05, 0) is 23.1 Å². The molecule has 0 unspecified atom stereocenters. The second-order valence-corrected chi connectivity index (χ2v) is 5.44. The van der Waals surface area contributed by atoms with Gasteiger partial charge in [-0.25, -0.2) is 4.99 Å². The molecule has 0 spiro atoms. The SMILES string of the molecule is C=C(N)/N=C\C1=C(N)c2ccccc2[C@H](c2ccccc2)C1. The van der Waals surface area contributed by atoms with Crippen LogP contribution in [0.25, 0.3) is 5.70 Å². The first kappa shape index (κ1) is 14.1. The van der Waals surface area contributed by atoms with Crippen LogP contribution in [-0.4, -0.2) is 6.21 Å². The molecule has 0 radical (unpaired) electrons. The second kappa shape index (κ2) is 5.90. The minimum Gasteiger partial charge on any atom is -0.398 e. The summed E-state index contributed by atoms with van der Waals surface area (Å²) in [5, 5.41) is 0. The quantitative estimate of drug-likeness (QED) is 0.851. The summed E-state index contributed by atoms with van der Waals surface area (Å²) in [5.74, 6) is 0.563. The molecular weight excluding hydrogens is 270 g/mol. The number of benzene rings is 2.